The number of hydrogen-bond acceptors (Lipinski definition) is 9. The Labute approximate surface area is 245 Å². The van der Waals surface area contributed by atoms with E-state index < -0.39 is 63.7 Å². The van der Waals surface area contributed by atoms with Crippen LogP contribution in [0.3, 0.4) is 0 Å². The average Bonchev–Trinajstić information content (AvgIpc) is 3.51. The number of rotatable bonds is 7. The lowest BCUT2D eigenvalue weighted by atomic mass is 9.49. The molecule has 8 rings (SSSR count). The zero-order chi connectivity index (χ0) is 29.9. The van der Waals surface area contributed by atoms with Crippen LogP contribution in [0.25, 0.3) is 0 Å². The van der Waals surface area contributed by atoms with Gasteiger partial charge in [0.25, 0.3) is 10.1 Å². The molecule has 7 fully saturated rings. The minimum atomic E-state index is -4.50. The van der Waals surface area contributed by atoms with Crippen molar-refractivity contribution in [2.45, 2.75) is 107 Å². The van der Waals surface area contributed by atoms with E-state index in [1.165, 1.54) is 31.4 Å². The van der Waals surface area contributed by atoms with Gasteiger partial charge in [0, 0.05) is 0 Å². The van der Waals surface area contributed by atoms with Crippen LogP contribution in [0.15, 0.2) is 17.0 Å². The summed E-state index contributed by atoms with van der Waals surface area (Å²) in [4.78, 5) is 40.4. The van der Waals surface area contributed by atoms with Crippen LogP contribution in [-0.4, -0.2) is 55.3 Å². The lowest BCUT2D eigenvalue weighted by molar-refractivity contribution is -0.185. The van der Waals surface area contributed by atoms with Crippen molar-refractivity contribution in [3.8, 4) is 5.75 Å². The molecule has 6 unspecified atom stereocenters. The largest absolute Gasteiger partial charge is 0.455 e. The number of carbonyl (C=O) groups excluding carboxylic acids is 3. The van der Waals surface area contributed by atoms with Crippen LogP contribution in [0.2, 0.25) is 0 Å². The van der Waals surface area contributed by atoms with Crippen LogP contribution in [0.1, 0.15) is 89.2 Å². The minimum absolute atomic E-state index is 0.199. The van der Waals surface area contributed by atoms with Gasteiger partial charge in [-0.2, -0.15) is 8.42 Å². The third-order valence-electron chi connectivity index (χ3n) is 10.8. The molecule has 3 heterocycles. The second-order valence-corrected chi connectivity index (χ2v) is 15.6. The summed E-state index contributed by atoms with van der Waals surface area (Å²) in [5, 5.41) is 0. The van der Waals surface area contributed by atoms with E-state index in [9.17, 15) is 27.4 Å². The fourth-order valence-electron chi connectivity index (χ4n) is 9.29. The van der Waals surface area contributed by atoms with Gasteiger partial charge in [-0.05, 0) is 91.4 Å². The first kappa shape index (κ1) is 28.3. The fourth-order valence-corrected chi connectivity index (χ4v) is 9.84. The van der Waals surface area contributed by atoms with Gasteiger partial charge in [0.15, 0.2) is 12.2 Å². The molecule has 0 radical (unpaired) electrons. The van der Waals surface area contributed by atoms with Crippen LogP contribution in [-0.2, 0) is 38.7 Å². The van der Waals surface area contributed by atoms with Gasteiger partial charge in [0.1, 0.15) is 29.8 Å². The zero-order valence-electron chi connectivity index (χ0n) is 24.3. The monoisotopic (exact) mass is 602 g/mol. The predicted molar refractivity (Wildman–Crippen MR) is 146 cm³/mol. The molecule has 1 aromatic carbocycles. The second-order valence-electron chi connectivity index (χ2n) is 14.2. The first-order chi connectivity index (χ1) is 19.8. The van der Waals surface area contributed by atoms with Gasteiger partial charge in [-0.25, -0.2) is 0 Å². The molecule has 228 valence electrons. The second kappa shape index (κ2) is 9.50. The third kappa shape index (κ3) is 4.24. The molecular weight excluding hydrogens is 564 g/mol. The summed E-state index contributed by atoms with van der Waals surface area (Å²) in [6.07, 6.45) is 2.79. The van der Waals surface area contributed by atoms with Crippen LogP contribution < -0.4 is 4.74 Å². The van der Waals surface area contributed by atoms with Crippen LogP contribution in [0.5, 0.6) is 5.75 Å². The molecule has 0 amide bonds. The molecule has 4 saturated carbocycles. The summed E-state index contributed by atoms with van der Waals surface area (Å²) in [6, 6.07) is 2.61. The third-order valence-corrected chi connectivity index (χ3v) is 11.6. The van der Waals surface area contributed by atoms with Gasteiger partial charge in [-0.15, -0.1) is 0 Å². The number of carbonyl (C=O) groups is 3. The van der Waals surface area contributed by atoms with Crippen molar-refractivity contribution < 1.29 is 46.3 Å². The van der Waals surface area contributed by atoms with Crippen molar-refractivity contribution >= 4 is 28.0 Å². The van der Waals surface area contributed by atoms with Gasteiger partial charge in [0.05, 0.1) is 10.3 Å². The van der Waals surface area contributed by atoms with Gasteiger partial charge in [0.2, 0.25) is 0 Å². The number of ether oxygens (including phenoxy) is 4. The number of hydrogen-bond donors (Lipinski definition) is 1. The Balaban J connectivity index is 1.17. The van der Waals surface area contributed by atoms with Crippen molar-refractivity contribution in [3.05, 3.63) is 23.3 Å². The highest BCUT2D eigenvalue weighted by Crippen LogP contribution is 2.61. The number of benzene rings is 1. The topological polar surface area (TPSA) is 143 Å². The molecule has 0 spiro atoms. The lowest BCUT2D eigenvalue weighted by Crippen LogP contribution is -2.54. The van der Waals surface area contributed by atoms with E-state index >= 15 is 0 Å². The maximum Gasteiger partial charge on any atom is 0.318 e. The van der Waals surface area contributed by atoms with Crippen LogP contribution in [0, 0.1) is 35.0 Å². The summed E-state index contributed by atoms with van der Waals surface area (Å²) >= 11 is 0. The zero-order valence-corrected chi connectivity index (χ0v) is 25.1. The van der Waals surface area contributed by atoms with Crippen LogP contribution in [0.4, 0.5) is 0 Å². The fraction of sp³-hybridized carbons (Fsp3) is 0.710. The lowest BCUT2D eigenvalue weighted by Gasteiger charge is -2.55. The Hall–Kier alpha value is -2.50. The quantitative estimate of drug-likeness (QED) is 0.275. The van der Waals surface area contributed by atoms with E-state index in [2.05, 4.69) is 0 Å². The van der Waals surface area contributed by atoms with Crippen LogP contribution >= 0.6 is 0 Å². The van der Waals surface area contributed by atoms with Gasteiger partial charge >= 0.3 is 17.9 Å². The molecule has 4 aliphatic carbocycles. The van der Waals surface area contributed by atoms with Gasteiger partial charge in [-0.3, -0.25) is 18.9 Å². The molecule has 10 nitrogen and oxygen atoms in total. The van der Waals surface area contributed by atoms with Crippen molar-refractivity contribution in [1.82, 2.24) is 0 Å². The Morgan fingerprint density at radius 1 is 0.929 bits per heavy atom. The Morgan fingerprint density at radius 3 is 1.98 bits per heavy atom. The first-order valence-corrected chi connectivity index (χ1v) is 16.6. The molecule has 42 heavy (non-hydrogen) atoms. The van der Waals surface area contributed by atoms with E-state index in [0.717, 1.165) is 19.3 Å². The predicted octanol–water partition coefficient (Wildman–Crippen LogP) is 4.15. The summed E-state index contributed by atoms with van der Waals surface area (Å²) in [5.41, 5.74) is 0.354. The molecule has 6 atom stereocenters. The summed E-state index contributed by atoms with van der Waals surface area (Å²) in [5.74, 6) is -2.12. The maximum atomic E-state index is 13.9. The highest BCUT2D eigenvalue weighted by Gasteiger charge is 2.72. The highest BCUT2D eigenvalue weighted by molar-refractivity contribution is 7.85. The minimum Gasteiger partial charge on any atom is -0.455 e. The Kier molecular flexibility index (Phi) is 6.40. The Morgan fingerprint density at radius 2 is 1.48 bits per heavy atom. The molecule has 6 bridgehead atoms. The molecule has 1 N–H and O–H groups in total. The van der Waals surface area contributed by atoms with E-state index in [1.54, 1.807) is 0 Å². The number of esters is 3. The maximum absolute atomic E-state index is 13.9. The summed E-state index contributed by atoms with van der Waals surface area (Å²) < 4.78 is 57.7. The molecule has 11 heteroatoms. The molecule has 1 aromatic rings. The van der Waals surface area contributed by atoms with Crippen molar-refractivity contribution in [3.63, 3.8) is 0 Å². The molecule has 3 saturated heterocycles. The summed E-state index contributed by atoms with van der Waals surface area (Å²) in [7, 11) is -4.50. The summed E-state index contributed by atoms with van der Waals surface area (Å²) in [6.45, 7) is 7.29. The SMILES string of the molecule is CC(C)c1cc(S(=O)(=O)O)cc(C(C)C)c1OC(=O)C1C2OC3C(OC(=O)C31)C2OC(=O)C12CC3CC(CC(C3)C1)C2. The van der Waals surface area contributed by atoms with E-state index in [0.29, 0.717) is 28.9 Å². The molecule has 0 aromatic heterocycles. The molecular formula is C31H38O10S. The first-order valence-electron chi connectivity index (χ1n) is 15.2. The molecule has 7 aliphatic rings. The van der Waals surface area contributed by atoms with Crippen molar-refractivity contribution in [1.29, 1.82) is 0 Å². The van der Waals surface area contributed by atoms with E-state index in [4.69, 9.17) is 18.9 Å². The van der Waals surface area contributed by atoms with Gasteiger partial charge in [-0.1, -0.05) is 27.7 Å². The smallest absolute Gasteiger partial charge is 0.318 e. The number of fused-ring (bicyclic) bond motifs is 1. The standard InChI is InChI=1S/C31H38O10S/c1-13(2)19-8-18(42(35,36)37)9-20(14(3)4)23(19)39-28(32)22-21-24-26(40-29(21)33)27(25(22)38-24)41-30(34)31-10-15-5-16(11-31)7-17(6-15)12-31/h8-9,13-17,21-22,24-27H,5-7,10-12H2,1-4H3,(H,35,36,37). The molecule has 3 aliphatic heterocycles. The normalized spacial score (nSPS) is 39.3. The van der Waals surface area contributed by atoms with Gasteiger partial charge < -0.3 is 18.9 Å². The average molecular weight is 603 g/mol. The van der Waals surface area contributed by atoms with Crippen molar-refractivity contribution in [2.75, 3.05) is 0 Å². The van der Waals surface area contributed by atoms with E-state index in [1.807, 2.05) is 27.7 Å². The van der Waals surface area contributed by atoms with Crippen molar-refractivity contribution in [2.24, 2.45) is 35.0 Å². The Bertz CT molecular complexity index is 1400. The van der Waals surface area contributed by atoms with E-state index in [-0.39, 0.29) is 28.5 Å². The highest BCUT2D eigenvalue weighted by atomic mass is 32.2.